The van der Waals surface area contributed by atoms with Crippen molar-refractivity contribution in [3.05, 3.63) is 71.3 Å². The van der Waals surface area contributed by atoms with E-state index in [1.165, 1.54) is 18.7 Å². The van der Waals surface area contributed by atoms with Crippen molar-refractivity contribution in [1.29, 1.82) is 0 Å². The van der Waals surface area contributed by atoms with Crippen LogP contribution in [0.2, 0.25) is 0 Å². The molecule has 366 valence electrons. The molecule has 3 saturated carbocycles. The van der Waals surface area contributed by atoms with Crippen molar-refractivity contribution in [3.8, 4) is 11.1 Å². The van der Waals surface area contributed by atoms with Gasteiger partial charge in [-0.2, -0.15) is 0 Å². The maximum absolute atomic E-state index is 14.1. The molecular formula is C52H66N4O12. The van der Waals surface area contributed by atoms with Gasteiger partial charge in [0.1, 0.15) is 36.4 Å². The zero-order chi connectivity index (χ0) is 49.0. The highest BCUT2D eigenvalue weighted by atomic mass is 16.6. The van der Waals surface area contributed by atoms with E-state index in [0.29, 0.717) is 38.5 Å². The van der Waals surface area contributed by atoms with Crippen molar-refractivity contribution < 1.29 is 58.4 Å². The van der Waals surface area contributed by atoms with Gasteiger partial charge in [-0.3, -0.25) is 24.0 Å². The Labute approximate surface area is 397 Å². The fourth-order valence-corrected chi connectivity index (χ4v) is 13.1. The second kappa shape index (κ2) is 18.8. The number of alkyl carbamates (subject to hydrolysis) is 1. The third-order valence-electron chi connectivity index (χ3n) is 16.8. The molecule has 2 aromatic carbocycles. The number of rotatable bonds is 13. The van der Waals surface area contributed by atoms with Crippen LogP contribution in [-0.4, -0.2) is 117 Å². The van der Waals surface area contributed by atoms with Crippen molar-refractivity contribution in [2.45, 2.75) is 147 Å². The van der Waals surface area contributed by atoms with Crippen molar-refractivity contribution in [2.24, 2.45) is 34.5 Å². The van der Waals surface area contributed by atoms with Crippen LogP contribution in [0.5, 0.6) is 0 Å². The number of likely N-dealkylation sites (tertiary alicyclic amines) is 1. The van der Waals surface area contributed by atoms with E-state index in [1.54, 1.807) is 26.8 Å². The molecule has 2 aromatic rings. The summed E-state index contributed by atoms with van der Waals surface area (Å²) in [6.07, 6.45) is 1.34. The molecule has 0 aromatic heterocycles. The maximum Gasteiger partial charge on any atom is 0.407 e. The van der Waals surface area contributed by atoms with Crippen LogP contribution < -0.4 is 16.0 Å². The molecule has 12 atom stereocenters. The van der Waals surface area contributed by atoms with E-state index in [2.05, 4.69) is 22.9 Å². The summed E-state index contributed by atoms with van der Waals surface area (Å²) in [5, 5.41) is 43.0. The Morgan fingerprint density at radius 2 is 1.51 bits per heavy atom. The number of nitrogens with zero attached hydrogens (tertiary/aromatic N) is 1. The van der Waals surface area contributed by atoms with E-state index in [0.717, 1.165) is 27.8 Å². The van der Waals surface area contributed by atoms with Crippen molar-refractivity contribution >= 4 is 41.4 Å². The molecule has 0 spiro atoms. The summed E-state index contributed by atoms with van der Waals surface area (Å²) in [5.41, 5.74) is 1.64. The highest BCUT2D eigenvalue weighted by Crippen LogP contribution is 2.67. The van der Waals surface area contributed by atoms with Crippen molar-refractivity contribution in [1.82, 2.24) is 20.9 Å². The Morgan fingerprint density at radius 3 is 2.18 bits per heavy atom. The Hall–Kier alpha value is -5.45. The Kier molecular flexibility index (Phi) is 13.5. The average molecular weight is 939 g/mol. The number of ketones is 2. The van der Waals surface area contributed by atoms with Crippen LogP contribution in [0, 0.1) is 34.5 Å². The number of carbonyl (C=O) groups is 7. The first kappa shape index (κ1) is 49.0. The summed E-state index contributed by atoms with van der Waals surface area (Å²) < 4.78 is 10.9. The van der Waals surface area contributed by atoms with Gasteiger partial charge < -0.3 is 45.6 Å². The van der Waals surface area contributed by atoms with E-state index in [4.69, 9.17) is 9.47 Å². The SMILES string of the molecule is CC(C)[C@H](NC(=O)[C@@H]1CCCN1C(=O)[C@H](C)NC(=O)[C@H](C)NC(=O)OCC1c2ccccc2-c2ccccc21)C(=O)OC(O)C(=O)[C@@]1(O)CCC2C3CCC4=CC(=O)CC[C@]4(C)C3[C@@H](O)C[C@@]21C. The second-order valence-electron chi connectivity index (χ2n) is 21.0. The first-order valence-corrected chi connectivity index (χ1v) is 24.3. The quantitative estimate of drug-likeness (QED) is 0.122. The van der Waals surface area contributed by atoms with Gasteiger partial charge in [0, 0.05) is 24.3 Å². The van der Waals surface area contributed by atoms with Gasteiger partial charge >= 0.3 is 12.1 Å². The molecule has 6 N–H and O–H groups in total. The molecule has 8 rings (SSSR count). The number of hydrogen-bond donors (Lipinski definition) is 6. The molecule has 4 amide bonds. The molecule has 6 aliphatic rings. The lowest BCUT2D eigenvalue weighted by molar-refractivity contribution is -0.205. The molecule has 4 fully saturated rings. The Morgan fingerprint density at radius 1 is 0.853 bits per heavy atom. The van der Waals surface area contributed by atoms with Gasteiger partial charge in [-0.25, -0.2) is 9.59 Å². The van der Waals surface area contributed by atoms with Crippen LogP contribution in [0.4, 0.5) is 4.79 Å². The van der Waals surface area contributed by atoms with Gasteiger partial charge in [0.25, 0.3) is 6.29 Å². The van der Waals surface area contributed by atoms with Gasteiger partial charge in [0.2, 0.25) is 23.5 Å². The third kappa shape index (κ3) is 8.54. The Balaban J connectivity index is 0.836. The van der Waals surface area contributed by atoms with Crippen LogP contribution in [-0.2, 0) is 38.2 Å². The van der Waals surface area contributed by atoms with Gasteiger partial charge in [0.15, 0.2) is 5.78 Å². The predicted molar refractivity (Wildman–Crippen MR) is 247 cm³/mol. The molecule has 16 heteroatoms. The van der Waals surface area contributed by atoms with Crippen LogP contribution >= 0.6 is 0 Å². The highest BCUT2D eigenvalue weighted by molar-refractivity contribution is 5.96. The highest BCUT2D eigenvalue weighted by Gasteiger charge is 2.69. The number of Topliss-reactive ketones (excluding diaryl/α,β-unsaturated/α-hetero) is 1. The van der Waals surface area contributed by atoms with Gasteiger partial charge in [-0.1, -0.05) is 81.8 Å². The number of fused-ring (bicyclic) bond motifs is 8. The average Bonchev–Trinajstić information content (AvgIpc) is 3.99. The van der Waals surface area contributed by atoms with Gasteiger partial charge in [-0.05, 0) is 123 Å². The van der Waals surface area contributed by atoms with E-state index in [1.807, 2.05) is 48.5 Å². The number of aliphatic hydroxyl groups is 3. The first-order chi connectivity index (χ1) is 32.2. The first-order valence-electron chi connectivity index (χ1n) is 24.3. The summed E-state index contributed by atoms with van der Waals surface area (Å²) in [7, 11) is 0. The number of amides is 4. The fraction of sp³-hybridized carbons (Fsp3) is 0.596. The number of allylic oxidation sites excluding steroid dienone is 1. The smallest absolute Gasteiger partial charge is 0.407 e. The lowest BCUT2D eigenvalue weighted by Gasteiger charge is -2.60. The van der Waals surface area contributed by atoms with E-state index >= 15 is 0 Å². The van der Waals surface area contributed by atoms with Gasteiger partial charge in [0.05, 0.1) is 6.10 Å². The normalized spacial score (nSPS) is 31.1. The van der Waals surface area contributed by atoms with E-state index in [-0.39, 0.29) is 67.3 Å². The standard InChI is InChI=1S/C52H66N4O12/c1-27(2)42(47(63)68-48(64)43(59)52(66)22-20-38-36-18-17-30-24-31(57)19-21-50(30,5)41(36)40(58)25-51(38,52)6)55-45(61)39-16-11-23-56(39)46(62)29(4)53-44(60)28(3)54-49(65)67-26-37-34-14-9-7-12-32(34)33-13-8-10-15-35(33)37/h7-10,12-15,24,27-29,36-42,48,58,64,66H,11,16-23,25-26H2,1-6H3,(H,53,60)(H,54,65)(H,55,61)/t28-,29-,36?,38?,39-,40-,41?,42-,48?,50-,51-,52-/m0/s1. The molecule has 68 heavy (non-hydrogen) atoms. The largest absolute Gasteiger partial charge is 0.449 e. The lowest BCUT2D eigenvalue weighted by atomic mass is 9.45. The zero-order valence-corrected chi connectivity index (χ0v) is 39.8. The number of aliphatic hydroxyl groups excluding tert-OH is 2. The van der Waals surface area contributed by atoms with Crippen molar-refractivity contribution in [2.75, 3.05) is 13.2 Å². The predicted octanol–water partition coefficient (Wildman–Crippen LogP) is 4.21. The number of carbonyl (C=O) groups excluding carboxylic acids is 7. The maximum atomic E-state index is 14.1. The number of benzene rings is 2. The molecule has 4 unspecified atom stereocenters. The molecule has 16 nitrogen and oxygen atoms in total. The van der Waals surface area contributed by atoms with Gasteiger partial charge in [-0.15, -0.1) is 0 Å². The molecule has 1 aliphatic heterocycles. The number of ether oxygens (including phenoxy) is 2. The summed E-state index contributed by atoms with van der Waals surface area (Å²) >= 11 is 0. The van der Waals surface area contributed by atoms with E-state index < -0.39 is 89.1 Å². The molecule has 1 heterocycles. The van der Waals surface area contributed by atoms with Crippen LogP contribution in [0.3, 0.4) is 0 Å². The summed E-state index contributed by atoms with van der Waals surface area (Å²) in [4.78, 5) is 95.1. The van der Waals surface area contributed by atoms with Crippen LogP contribution in [0.25, 0.3) is 11.1 Å². The molecule has 0 radical (unpaired) electrons. The monoisotopic (exact) mass is 938 g/mol. The number of esters is 1. The minimum absolute atomic E-state index is 0.00178. The minimum Gasteiger partial charge on any atom is -0.449 e. The van der Waals surface area contributed by atoms with Crippen molar-refractivity contribution in [3.63, 3.8) is 0 Å². The summed E-state index contributed by atoms with van der Waals surface area (Å²) in [6.45, 7) is 10.3. The third-order valence-corrected chi connectivity index (χ3v) is 16.8. The number of nitrogens with one attached hydrogen (secondary N) is 3. The van der Waals surface area contributed by atoms with E-state index in [9.17, 15) is 48.9 Å². The molecule has 1 saturated heterocycles. The molecule has 5 aliphatic carbocycles. The minimum atomic E-state index is -2.37. The molecular weight excluding hydrogens is 873 g/mol. The summed E-state index contributed by atoms with van der Waals surface area (Å²) in [5.74, 6) is -5.12. The Bertz CT molecular complexity index is 2360. The summed E-state index contributed by atoms with van der Waals surface area (Å²) in [6, 6.07) is 11.3. The second-order valence-corrected chi connectivity index (χ2v) is 21.0. The molecule has 0 bridgehead atoms. The fourth-order valence-electron chi connectivity index (χ4n) is 13.1. The topological polar surface area (TPSA) is 238 Å². The zero-order valence-electron chi connectivity index (χ0n) is 39.8. The number of hydrogen-bond acceptors (Lipinski definition) is 12. The van der Waals surface area contributed by atoms with Crippen LogP contribution in [0.1, 0.15) is 116 Å². The van der Waals surface area contributed by atoms with Crippen LogP contribution in [0.15, 0.2) is 60.2 Å². The lowest BCUT2D eigenvalue weighted by Crippen LogP contribution is -2.63.